The van der Waals surface area contributed by atoms with Crippen LogP contribution < -0.4 is 5.32 Å². The maximum atomic E-state index is 13.6. The van der Waals surface area contributed by atoms with Gasteiger partial charge in [0.25, 0.3) is 5.91 Å². The van der Waals surface area contributed by atoms with Gasteiger partial charge in [-0.15, -0.1) is 0 Å². The van der Waals surface area contributed by atoms with E-state index in [1.807, 2.05) is 0 Å². The minimum Gasteiger partial charge on any atom is -0.464 e. The summed E-state index contributed by atoms with van der Waals surface area (Å²) in [6.45, 7) is 3.82. The molecule has 0 fully saturated rings. The molecule has 0 saturated heterocycles. The molecule has 1 atom stereocenters. The second kappa shape index (κ2) is 13.2. The van der Waals surface area contributed by atoms with Crippen molar-refractivity contribution >= 4 is 11.9 Å². The Hall–Kier alpha value is -2.12. The molecule has 0 aliphatic heterocycles. The SMILES string of the molecule is CCCCCCCCCCCOC(=O)C(C)NC(=O)c1ccc(C(F)(F)F)c(F)c1. The lowest BCUT2D eigenvalue weighted by molar-refractivity contribution is -0.145. The number of hydrogen-bond acceptors (Lipinski definition) is 3. The molecular formula is C22H31F4NO3. The molecule has 0 aromatic heterocycles. The maximum absolute atomic E-state index is 13.6. The largest absolute Gasteiger partial charge is 0.464 e. The van der Waals surface area contributed by atoms with Gasteiger partial charge in [-0.05, 0) is 31.5 Å². The van der Waals surface area contributed by atoms with Crippen LogP contribution in [0.3, 0.4) is 0 Å². The fourth-order valence-electron chi connectivity index (χ4n) is 2.94. The molecule has 1 unspecified atom stereocenters. The summed E-state index contributed by atoms with van der Waals surface area (Å²) in [6.07, 6.45) is 5.32. The first-order valence-corrected chi connectivity index (χ1v) is 10.5. The third kappa shape index (κ3) is 9.59. The quantitative estimate of drug-likeness (QED) is 0.235. The van der Waals surface area contributed by atoms with E-state index in [0.29, 0.717) is 12.1 Å². The number of nitrogens with one attached hydrogen (secondary N) is 1. The average Bonchev–Trinajstić information content (AvgIpc) is 2.68. The Bertz CT molecular complexity index is 677. The number of halogens is 4. The van der Waals surface area contributed by atoms with Crippen molar-refractivity contribution in [3.8, 4) is 0 Å². The van der Waals surface area contributed by atoms with Crippen LogP contribution in [-0.4, -0.2) is 24.5 Å². The normalized spacial score (nSPS) is 12.5. The smallest absolute Gasteiger partial charge is 0.419 e. The van der Waals surface area contributed by atoms with Gasteiger partial charge >= 0.3 is 12.1 Å². The molecule has 0 aliphatic carbocycles. The monoisotopic (exact) mass is 433 g/mol. The van der Waals surface area contributed by atoms with Crippen LogP contribution in [-0.2, 0) is 15.7 Å². The number of hydrogen-bond donors (Lipinski definition) is 1. The zero-order valence-corrected chi connectivity index (χ0v) is 17.6. The molecule has 8 heteroatoms. The summed E-state index contributed by atoms with van der Waals surface area (Å²) in [6, 6.07) is 0.860. The number of ether oxygens (including phenoxy) is 1. The zero-order chi connectivity index (χ0) is 22.6. The molecule has 1 aromatic carbocycles. The highest BCUT2D eigenvalue weighted by Crippen LogP contribution is 2.31. The Kier molecular flexibility index (Phi) is 11.4. The van der Waals surface area contributed by atoms with Crippen molar-refractivity contribution in [2.75, 3.05) is 6.61 Å². The van der Waals surface area contributed by atoms with Gasteiger partial charge in [-0.2, -0.15) is 13.2 Å². The standard InChI is InChI=1S/C22H31F4NO3/c1-3-4-5-6-7-8-9-10-11-14-30-21(29)16(2)27-20(28)17-12-13-18(19(23)15-17)22(24,25)26/h12-13,15-16H,3-11,14H2,1-2H3,(H,27,28). The van der Waals surface area contributed by atoms with Crippen LogP contribution in [0.15, 0.2) is 18.2 Å². The van der Waals surface area contributed by atoms with Crippen LogP contribution in [0, 0.1) is 5.82 Å². The Morgan fingerprint density at radius 3 is 2.10 bits per heavy atom. The number of rotatable bonds is 13. The second-order valence-electron chi connectivity index (χ2n) is 7.38. The molecule has 0 saturated carbocycles. The number of amides is 1. The zero-order valence-electron chi connectivity index (χ0n) is 17.6. The fourth-order valence-corrected chi connectivity index (χ4v) is 2.94. The van der Waals surface area contributed by atoms with Gasteiger partial charge in [0.15, 0.2) is 0 Å². The van der Waals surface area contributed by atoms with Crippen LogP contribution in [0.4, 0.5) is 17.6 Å². The summed E-state index contributed by atoms with van der Waals surface area (Å²) in [7, 11) is 0. The van der Waals surface area contributed by atoms with Gasteiger partial charge in [0.1, 0.15) is 11.9 Å². The van der Waals surface area contributed by atoms with Gasteiger partial charge in [-0.25, -0.2) is 9.18 Å². The van der Waals surface area contributed by atoms with Crippen molar-refractivity contribution in [1.29, 1.82) is 0 Å². The Balaban J connectivity index is 2.29. The summed E-state index contributed by atoms with van der Waals surface area (Å²) in [5.74, 6) is -3.04. The number of benzene rings is 1. The molecular weight excluding hydrogens is 402 g/mol. The van der Waals surface area contributed by atoms with Crippen molar-refractivity contribution < 1.29 is 31.9 Å². The van der Waals surface area contributed by atoms with Gasteiger partial charge in [-0.3, -0.25) is 4.79 Å². The van der Waals surface area contributed by atoms with Gasteiger partial charge in [0, 0.05) is 5.56 Å². The Morgan fingerprint density at radius 1 is 1.00 bits per heavy atom. The molecule has 170 valence electrons. The lowest BCUT2D eigenvalue weighted by atomic mass is 10.1. The maximum Gasteiger partial charge on any atom is 0.419 e. The molecule has 1 amide bonds. The van der Waals surface area contributed by atoms with E-state index < -0.39 is 35.5 Å². The average molecular weight is 433 g/mol. The van der Waals surface area contributed by atoms with Crippen molar-refractivity contribution in [3.63, 3.8) is 0 Å². The first kappa shape index (κ1) is 25.9. The molecule has 30 heavy (non-hydrogen) atoms. The van der Waals surface area contributed by atoms with Gasteiger partial charge in [0.2, 0.25) is 0 Å². The van der Waals surface area contributed by atoms with Crippen molar-refractivity contribution in [1.82, 2.24) is 5.32 Å². The van der Waals surface area contributed by atoms with E-state index in [4.69, 9.17) is 4.74 Å². The van der Waals surface area contributed by atoms with Gasteiger partial charge < -0.3 is 10.1 Å². The van der Waals surface area contributed by atoms with Crippen LogP contribution in [0.25, 0.3) is 0 Å². The van der Waals surface area contributed by atoms with Crippen LogP contribution >= 0.6 is 0 Å². The molecule has 0 radical (unpaired) electrons. The summed E-state index contributed by atoms with van der Waals surface area (Å²) in [4.78, 5) is 24.0. The highest BCUT2D eigenvalue weighted by molar-refractivity contribution is 5.96. The number of carbonyl (C=O) groups excluding carboxylic acids is 2. The summed E-state index contributed by atoms with van der Waals surface area (Å²) in [5.41, 5.74) is -1.76. The third-order valence-corrected chi connectivity index (χ3v) is 4.73. The lowest BCUT2D eigenvalue weighted by Crippen LogP contribution is -2.39. The Morgan fingerprint density at radius 2 is 1.57 bits per heavy atom. The molecule has 0 spiro atoms. The van der Waals surface area contributed by atoms with E-state index in [1.54, 1.807) is 0 Å². The van der Waals surface area contributed by atoms with E-state index in [9.17, 15) is 27.2 Å². The summed E-state index contributed by atoms with van der Waals surface area (Å²) >= 11 is 0. The molecule has 4 nitrogen and oxygen atoms in total. The van der Waals surface area contributed by atoms with E-state index in [1.165, 1.54) is 39.0 Å². The highest BCUT2D eigenvalue weighted by atomic mass is 19.4. The minimum atomic E-state index is -4.84. The van der Waals surface area contributed by atoms with E-state index in [-0.39, 0.29) is 12.2 Å². The molecule has 0 bridgehead atoms. The molecule has 0 aliphatic rings. The van der Waals surface area contributed by atoms with E-state index in [2.05, 4.69) is 12.2 Å². The number of esters is 1. The number of alkyl halides is 3. The molecule has 1 rings (SSSR count). The van der Waals surface area contributed by atoms with Crippen molar-refractivity contribution in [3.05, 3.63) is 35.1 Å². The summed E-state index contributed by atoms with van der Waals surface area (Å²) in [5, 5.41) is 2.31. The Labute approximate surface area is 175 Å². The third-order valence-electron chi connectivity index (χ3n) is 4.73. The second-order valence-corrected chi connectivity index (χ2v) is 7.38. The van der Waals surface area contributed by atoms with Crippen LogP contribution in [0.5, 0.6) is 0 Å². The number of carbonyl (C=O) groups is 2. The first-order chi connectivity index (χ1) is 14.2. The van der Waals surface area contributed by atoms with Gasteiger partial charge in [-0.1, -0.05) is 58.3 Å². The highest BCUT2D eigenvalue weighted by Gasteiger charge is 2.34. The van der Waals surface area contributed by atoms with E-state index in [0.717, 1.165) is 31.7 Å². The summed E-state index contributed by atoms with van der Waals surface area (Å²) < 4.78 is 56.4. The predicted octanol–water partition coefficient (Wildman–Crippen LogP) is 6.04. The van der Waals surface area contributed by atoms with Crippen LogP contribution in [0.1, 0.15) is 87.6 Å². The lowest BCUT2D eigenvalue weighted by Gasteiger charge is -2.14. The van der Waals surface area contributed by atoms with Gasteiger partial charge in [0.05, 0.1) is 12.2 Å². The fraction of sp³-hybridized carbons (Fsp3) is 0.636. The topological polar surface area (TPSA) is 55.4 Å². The molecule has 1 N–H and O–H groups in total. The van der Waals surface area contributed by atoms with E-state index >= 15 is 0 Å². The predicted molar refractivity (Wildman–Crippen MR) is 107 cm³/mol. The number of unbranched alkanes of at least 4 members (excludes halogenated alkanes) is 8. The van der Waals surface area contributed by atoms with Crippen molar-refractivity contribution in [2.24, 2.45) is 0 Å². The minimum absolute atomic E-state index is 0.240. The van der Waals surface area contributed by atoms with Crippen molar-refractivity contribution in [2.45, 2.75) is 83.9 Å². The molecule has 1 aromatic rings. The first-order valence-electron chi connectivity index (χ1n) is 10.5. The van der Waals surface area contributed by atoms with Crippen LogP contribution in [0.2, 0.25) is 0 Å². The molecule has 0 heterocycles.